The van der Waals surface area contributed by atoms with Gasteiger partial charge in [-0.1, -0.05) is 0 Å². The minimum Gasteiger partial charge on any atom is -0.478 e. The highest BCUT2D eigenvalue weighted by molar-refractivity contribution is 5.90. The molecule has 0 unspecified atom stereocenters. The second-order valence-corrected chi connectivity index (χ2v) is 3.68. The van der Waals surface area contributed by atoms with E-state index in [9.17, 15) is 4.79 Å². The molecule has 0 aliphatic rings. The number of carbonyl (C=O) groups is 1. The Balaban J connectivity index is 1.98. The lowest BCUT2D eigenvalue weighted by atomic mass is 10.3. The molecule has 8 heteroatoms. The molecule has 3 aromatic rings. The number of carboxylic acids is 1. The maximum Gasteiger partial charge on any atom is 0.337 e. The maximum atomic E-state index is 10.8. The summed E-state index contributed by atoms with van der Waals surface area (Å²) in [7, 11) is 0. The first-order valence-electron chi connectivity index (χ1n) is 5.13. The van der Waals surface area contributed by atoms with Gasteiger partial charge >= 0.3 is 5.97 Å². The van der Waals surface area contributed by atoms with Crippen LogP contribution >= 0.6 is 0 Å². The van der Waals surface area contributed by atoms with E-state index in [0.29, 0.717) is 23.5 Å². The number of aromatic amines is 1. The van der Waals surface area contributed by atoms with Crippen LogP contribution < -0.4 is 0 Å². The zero-order valence-corrected chi connectivity index (χ0v) is 9.11. The molecule has 0 aliphatic heterocycles. The van der Waals surface area contributed by atoms with Crippen LogP contribution in [0.4, 0.5) is 0 Å². The summed E-state index contributed by atoms with van der Waals surface area (Å²) in [6.45, 7) is 0.429. The zero-order chi connectivity index (χ0) is 12.5. The number of fused-ring (bicyclic) bond motifs is 1. The first-order chi connectivity index (χ1) is 8.72. The molecule has 8 nitrogen and oxygen atoms in total. The zero-order valence-electron chi connectivity index (χ0n) is 9.11. The van der Waals surface area contributed by atoms with E-state index in [1.807, 2.05) is 0 Å². The normalized spacial score (nSPS) is 10.9. The Hall–Kier alpha value is -2.77. The number of H-pyrrole nitrogens is 1. The van der Waals surface area contributed by atoms with Crippen LogP contribution in [0.2, 0.25) is 0 Å². The predicted molar refractivity (Wildman–Crippen MR) is 60.0 cm³/mol. The number of carboxylic acid groups (broad SMARTS) is 1. The molecule has 0 aromatic carbocycles. The number of imidazole rings is 1. The minimum absolute atomic E-state index is 0.124. The Morgan fingerprint density at radius 2 is 2.39 bits per heavy atom. The first kappa shape index (κ1) is 10.4. The fraction of sp³-hybridized carbons (Fsp3) is 0.100. The van der Waals surface area contributed by atoms with Crippen molar-refractivity contribution in [1.82, 2.24) is 29.7 Å². The van der Waals surface area contributed by atoms with E-state index in [1.165, 1.54) is 18.6 Å². The summed E-state index contributed by atoms with van der Waals surface area (Å²) in [6.07, 6.45) is 4.29. The Kier molecular flexibility index (Phi) is 2.26. The SMILES string of the molecule is O=C(O)c1cnc2nc(Cn3cncn3)[nH]c2c1. The van der Waals surface area contributed by atoms with E-state index >= 15 is 0 Å². The highest BCUT2D eigenvalue weighted by Crippen LogP contribution is 2.11. The van der Waals surface area contributed by atoms with E-state index in [1.54, 1.807) is 11.0 Å². The van der Waals surface area contributed by atoms with Crippen molar-refractivity contribution in [1.29, 1.82) is 0 Å². The van der Waals surface area contributed by atoms with Gasteiger partial charge in [-0.2, -0.15) is 5.10 Å². The van der Waals surface area contributed by atoms with Crippen LogP contribution in [-0.4, -0.2) is 40.8 Å². The van der Waals surface area contributed by atoms with Gasteiger partial charge in [0.1, 0.15) is 25.0 Å². The van der Waals surface area contributed by atoms with Crippen molar-refractivity contribution < 1.29 is 9.90 Å². The van der Waals surface area contributed by atoms with Crippen molar-refractivity contribution in [2.75, 3.05) is 0 Å². The summed E-state index contributed by atoms with van der Waals surface area (Å²) >= 11 is 0. The molecule has 90 valence electrons. The summed E-state index contributed by atoms with van der Waals surface area (Å²) < 4.78 is 1.61. The van der Waals surface area contributed by atoms with Gasteiger partial charge in [-0.3, -0.25) is 0 Å². The third kappa shape index (κ3) is 1.79. The Morgan fingerprint density at radius 3 is 3.11 bits per heavy atom. The Labute approximate surface area is 100 Å². The van der Waals surface area contributed by atoms with Gasteiger partial charge in [-0.15, -0.1) is 0 Å². The monoisotopic (exact) mass is 244 g/mol. The molecular weight excluding hydrogens is 236 g/mol. The third-order valence-corrected chi connectivity index (χ3v) is 2.41. The number of aromatic carboxylic acids is 1. The lowest BCUT2D eigenvalue weighted by Crippen LogP contribution is -2.01. The predicted octanol–water partition coefficient (Wildman–Crippen LogP) is 0.296. The fourth-order valence-electron chi connectivity index (χ4n) is 1.61. The highest BCUT2D eigenvalue weighted by Gasteiger charge is 2.09. The number of hydrogen-bond donors (Lipinski definition) is 2. The second kappa shape index (κ2) is 3.91. The van der Waals surface area contributed by atoms with E-state index in [4.69, 9.17) is 5.11 Å². The minimum atomic E-state index is -1.02. The van der Waals surface area contributed by atoms with Crippen molar-refractivity contribution in [3.8, 4) is 0 Å². The number of aromatic nitrogens is 6. The fourth-order valence-corrected chi connectivity index (χ4v) is 1.61. The van der Waals surface area contributed by atoms with Crippen LogP contribution in [0.5, 0.6) is 0 Å². The van der Waals surface area contributed by atoms with Gasteiger partial charge in [-0.05, 0) is 6.07 Å². The van der Waals surface area contributed by atoms with E-state index in [-0.39, 0.29) is 5.56 Å². The number of rotatable bonds is 3. The molecule has 2 N–H and O–H groups in total. The van der Waals surface area contributed by atoms with Crippen molar-refractivity contribution in [2.45, 2.75) is 6.54 Å². The van der Waals surface area contributed by atoms with Crippen LogP contribution in [0.15, 0.2) is 24.9 Å². The number of nitrogens with zero attached hydrogens (tertiary/aromatic N) is 5. The molecule has 0 radical (unpaired) electrons. The molecule has 0 saturated heterocycles. The molecule has 0 fully saturated rings. The molecule has 0 aliphatic carbocycles. The van der Waals surface area contributed by atoms with Crippen molar-refractivity contribution in [2.24, 2.45) is 0 Å². The van der Waals surface area contributed by atoms with Crippen LogP contribution in [0, 0.1) is 0 Å². The lowest BCUT2D eigenvalue weighted by molar-refractivity contribution is 0.0696. The van der Waals surface area contributed by atoms with E-state index in [0.717, 1.165) is 0 Å². The molecule has 0 amide bonds. The Morgan fingerprint density at radius 1 is 1.50 bits per heavy atom. The van der Waals surface area contributed by atoms with Crippen LogP contribution in [0.25, 0.3) is 11.2 Å². The van der Waals surface area contributed by atoms with Crippen molar-refractivity contribution >= 4 is 17.1 Å². The number of nitrogens with one attached hydrogen (secondary N) is 1. The first-order valence-corrected chi connectivity index (χ1v) is 5.13. The molecule has 0 bridgehead atoms. The van der Waals surface area contributed by atoms with Gasteiger partial charge in [0, 0.05) is 6.20 Å². The van der Waals surface area contributed by atoms with Gasteiger partial charge in [0.05, 0.1) is 11.1 Å². The smallest absolute Gasteiger partial charge is 0.337 e. The van der Waals surface area contributed by atoms with E-state index < -0.39 is 5.97 Å². The second-order valence-electron chi connectivity index (χ2n) is 3.68. The lowest BCUT2D eigenvalue weighted by Gasteiger charge is -1.94. The van der Waals surface area contributed by atoms with Gasteiger partial charge in [0.15, 0.2) is 5.65 Å². The number of hydrogen-bond acceptors (Lipinski definition) is 5. The average molecular weight is 244 g/mol. The van der Waals surface area contributed by atoms with Gasteiger partial charge < -0.3 is 10.1 Å². The summed E-state index contributed by atoms with van der Waals surface area (Å²) in [4.78, 5) is 25.9. The molecule has 3 rings (SSSR count). The molecular formula is C10H8N6O2. The van der Waals surface area contributed by atoms with Crippen molar-refractivity contribution in [3.63, 3.8) is 0 Å². The molecule has 0 atom stereocenters. The Bertz CT molecular complexity index is 702. The largest absolute Gasteiger partial charge is 0.478 e. The van der Waals surface area contributed by atoms with Crippen LogP contribution in [0.1, 0.15) is 16.2 Å². The van der Waals surface area contributed by atoms with Gasteiger partial charge in [0.2, 0.25) is 0 Å². The van der Waals surface area contributed by atoms with Crippen molar-refractivity contribution in [3.05, 3.63) is 36.3 Å². The average Bonchev–Trinajstić information content (AvgIpc) is 2.96. The highest BCUT2D eigenvalue weighted by atomic mass is 16.4. The molecule has 18 heavy (non-hydrogen) atoms. The summed E-state index contributed by atoms with van der Waals surface area (Å²) in [5.41, 5.74) is 1.19. The topological polar surface area (TPSA) is 110 Å². The third-order valence-electron chi connectivity index (χ3n) is 2.41. The summed E-state index contributed by atoms with van der Waals surface area (Å²) in [5, 5.41) is 12.8. The van der Waals surface area contributed by atoms with Crippen LogP contribution in [0.3, 0.4) is 0 Å². The maximum absolute atomic E-state index is 10.8. The molecule has 3 heterocycles. The summed E-state index contributed by atoms with van der Waals surface area (Å²) in [5.74, 6) is -0.373. The quantitative estimate of drug-likeness (QED) is 0.685. The van der Waals surface area contributed by atoms with Gasteiger partial charge in [0.25, 0.3) is 0 Å². The molecule has 3 aromatic heterocycles. The summed E-state index contributed by atoms with van der Waals surface area (Å²) in [6, 6.07) is 1.50. The van der Waals surface area contributed by atoms with Crippen LogP contribution in [-0.2, 0) is 6.54 Å². The van der Waals surface area contributed by atoms with Gasteiger partial charge in [-0.25, -0.2) is 24.4 Å². The molecule has 0 spiro atoms. The standard InChI is InChI=1S/C10H8N6O2/c17-10(18)6-1-7-9(12-2-6)15-8(14-7)3-16-5-11-4-13-16/h1-2,4-5H,3H2,(H,17,18)(H,12,14,15). The van der Waals surface area contributed by atoms with E-state index in [2.05, 4.69) is 25.0 Å². The number of pyridine rings is 1. The molecule has 0 saturated carbocycles.